The van der Waals surface area contributed by atoms with Crippen molar-refractivity contribution < 1.29 is 18.3 Å². The van der Waals surface area contributed by atoms with Crippen molar-refractivity contribution in [3.63, 3.8) is 0 Å². The van der Waals surface area contributed by atoms with E-state index in [4.69, 9.17) is 5.11 Å². The molecule has 2 rings (SSSR count). The predicted octanol–water partition coefficient (Wildman–Crippen LogP) is 2.94. The van der Waals surface area contributed by atoms with Crippen LogP contribution in [0.1, 0.15) is 49.4 Å². The lowest BCUT2D eigenvalue weighted by molar-refractivity contribution is 0.0697. The van der Waals surface area contributed by atoms with Gasteiger partial charge < -0.3 is 5.11 Å². The first kappa shape index (κ1) is 16.5. The van der Waals surface area contributed by atoms with Crippen LogP contribution in [0.4, 0.5) is 0 Å². The summed E-state index contributed by atoms with van der Waals surface area (Å²) in [4.78, 5) is 10.8. The van der Waals surface area contributed by atoms with Crippen molar-refractivity contribution in [1.29, 1.82) is 0 Å². The molecule has 1 aliphatic rings. The summed E-state index contributed by atoms with van der Waals surface area (Å²) in [6.07, 6.45) is 5.69. The number of aromatic carboxylic acids is 1. The Kier molecular flexibility index (Phi) is 5.40. The molecule has 1 aromatic rings. The van der Waals surface area contributed by atoms with Gasteiger partial charge in [0.25, 0.3) is 0 Å². The second-order valence-corrected chi connectivity index (χ2v) is 8.69. The van der Waals surface area contributed by atoms with E-state index in [-0.39, 0.29) is 9.77 Å². The Morgan fingerprint density at radius 1 is 1.48 bits per heavy atom. The van der Waals surface area contributed by atoms with Gasteiger partial charge >= 0.3 is 5.97 Å². The SMILES string of the molecule is CC1CCCC(CCNS(=O)(=O)c2cc(C(=O)O)cs2)C1. The van der Waals surface area contributed by atoms with Crippen molar-refractivity contribution in [2.45, 2.75) is 43.2 Å². The van der Waals surface area contributed by atoms with E-state index in [9.17, 15) is 13.2 Å². The lowest BCUT2D eigenvalue weighted by Gasteiger charge is -2.26. The van der Waals surface area contributed by atoms with Gasteiger partial charge in [0.1, 0.15) is 4.21 Å². The fourth-order valence-corrected chi connectivity index (χ4v) is 5.11. The monoisotopic (exact) mass is 331 g/mol. The summed E-state index contributed by atoms with van der Waals surface area (Å²) < 4.78 is 26.8. The van der Waals surface area contributed by atoms with Crippen molar-refractivity contribution in [3.05, 3.63) is 17.0 Å². The molecule has 0 bridgehead atoms. The third-order valence-electron chi connectivity index (χ3n) is 3.98. The summed E-state index contributed by atoms with van der Waals surface area (Å²) in [5.74, 6) is 0.217. The van der Waals surface area contributed by atoms with Crippen molar-refractivity contribution in [3.8, 4) is 0 Å². The molecule has 21 heavy (non-hydrogen) atoms. The lowest BCUT2D eigenvalue weighted by Crippen LogP contribution is -2.26. The Labute approximate surface area is 129 Å². The number of hydrogen-bond donors (Lipinski definition) is 2. The summed E-state index contributed by atoms with van der Waals surface area (Å²) in [6, 6.07) is 1.21. The quantitative estimate of drug-likeness (QED) is 0.839. The Morgan fingerprint density at radius 2 is 2.24 bits per heavy atom. The number of nitrogens with one attached hydrogen (secondary N) is 1. The number of carbonyl (C=O) groups is 1. The van der Waals surface area contributed by atoms with E-state index in [1.807, 2.05) is 0 Å². The van der Waals surface area contributed by atoms with Crippen LogP contribution in [0.2, 0.25) is 0 Å². The van der Waals surface area contributed by atoms with Crippen LogP contribution in [0.15, 0.2) is 15.7 Å². The standard InChI is InChI=1S/C14H21NO4S2/c1-10-3-2-4-11(7-10)5-6-15-21(18,19)13-8-12(9-20-13)14(16)17/h8-11,15H,2-7H2,1H3,(H,16,17). The number of carboxylic acids is 1. The van der Waals surface area contributed by atoms with Crippen molar-refractivity contribution in [2.75, 3.05) is 6.54 Å². The highest BCUT2D eigenvalue weighted by atomic mass is 32.2. The van der Waals surface area contributed by atoms with Crippen LogP contribution in [0, 0.1) is 11.8 Å². The van der Waals surface area contributed by atoms with Crippen molar-refractivity contribution >= 4 is 27.3 Å². The molecular weight excluding hydrogens is 310 g/mol. The second-order valence-electron chi connectivity index (χ2n) is 5.78. The van der Waals surface area contributed by atoms with Crippen LogP contribution >= 0.6 is 11.3 Å². The molecule has 7 heteroatoms. The summed E-state index contributed by atoms with van der Waals surface area (Å²) in [5.41, 5.74) is 0.0153. The van der Waals surface area contributed by atoms with Crippen LogP contribution in [0.25, 0.3) is 0 Å². The average Bonchev–Trinajstić information content (AvgIpc) is 2.89. The zero-order valence-electron chi connectivity index (χ0n) is 12.0. The molecule has 0 radical (unpaired) electrons. The van der Waals surface area contributed by atoms with E-state index < -0.39 is 16.0 Å². The van der Waals surface area contributed by atoms with E-state index in [1.165, 1.54) is 37.1 Å². The lowest BCUT2D eigenvalue weighted by atomic mass is 9.81. The zero-order chi connectivity index (χ0) is 15.5. The first-order chi connectivity index (χ1) is 9.88. The van der Waals surface area contributed by atoms with Gasteiger partial charge in [-0.3, -0.25) is 0 Å². The van der Waals surface area contributed by atoms with Crippen molar-refractivity contribution in [2.24, 2.45) is 11.8 Å². The first-order valence-electron chi connectivity index (χ1n) is 7.20. The molecule has 1 aliphatic carbocycles. The third-order valence-corrected chi connectivity index (χ3v) is 6.88. The molecule has 2 atom stereocenters. The smallest absolute Gasteiger partial charge is 0.336 e. The first-order valence-corrected chi connectivity index (χ1v) is 9.56. The number of carboxylic acid groups (broad SMARTS) is 1. The van der Waals surface area contributed by atoms with Crippen molar-refractivity contribution in [1.82, 2.24) is 4.72 Å². The van der Waals surface area contributed by atoms with Gasteiger partial charge in [-0.25, -0.2) is 17.9 Å². The van der Waals surface area contributed by atoms with Crippen LogP contribution in [-0.2, 0) is 10.0 Å². The third kappa shape index (κ3) is 4.52. The Bertz CT molecular complexity index is 594. The van der Waals surface area contributed by atoms with Gasteiger partial charge in [0.15, 0.2) is 0 Å². The minimum atomic E-state index is -3.58. The Balaban J connectivity index is 1.87. The number of rotatable bonds is 6. The number of sulfonamides is 1. The highest BCUT2D eigenvalue weighted by molar-refractivity contribution is 7.91. The molecule has 0 aliphatic heterocycles. The van der Waals surface area contributed by atoms with E-state index >= 15 is 0 Å². The predicted molar refractivity (Wildman–Crippen MR) is 82.2 cm³/mol. The minimum Gasteiger partial charge on any atom is -0.478 e. The molecule has 2 N–H and O–H groups in total. The molecule has 0 saturated heterocycles. The summed E-state index contributed by atoms with van der Waals surface area (Å²) in [5, 5.41) is 10.2. The van der Waals surface area contributed by atoms with Crippen LogP contribution in [0.3, 0.4) is 0 Å². The van der Waals surface area contributed by atoms with Gasteiger partial charge in [-0.2, -0.15) is 0 Å². The Hall–Kier alpha value is -0.920. The summed E-state index contributed by atoms with van der Waals surface area (Å²) >= 11 is 0.940. The fourth-order valence-electron chi connectivity index (χ4n) is 2.86. The average molecular weight is 331 g/mol. The molecule has 1 heterocycles. The fraction of sp³-hybridized carbons (Fsp3) is 0.643. The maximum atomic E-state index is 12.1. The van der Waals surface area contributed by atoms with E-state index in [2.05, 4.69) is 11.6 Å². The highest BCUT2D eigenvalue weighted by Gasteiger charge is 2.21. The maximum absolute atomic E-state index is 12.1. The van der Waals surface area contributed by atoms with E-state index in [1.54, 1.807) is 0 Å². The molecule has 1 saturated carbocycles. The Morgan fingerprint density at radius 3 is 2.86 bits per heavy atom. The van der Waals surface area contributed by atoms with Gasteiger partial charge in [0.2, 0.25) is 10.0 Å². The zero-order valence-corrected chi connectivity index (χ0v) is 13.7. The van der Waals surface area contributed by atoms with E-state index in [0.717, 1.165) is 23.7 Å². The van der Waals surface area contributed by atoms with Crippen LogP contribution in [0.5, 0.6) is 0 Å². The highest BCUT2D eigenvalue weighted by Crippen LogP contribution is 2.30. The topological polar surface area (TPSA) is 83.5 Å². The normalized spacial score (nSPS) is 23.1. The molecule has 1 aromatic heterocycles. The molecule has 0 aromatic carbocycles. The molecule has 118 valence electrons. The molecule has 0 spiro atoms. The van der Waals surface area contributed by atoms with Gasteiger partial charge in [0.05, 0.1) is 5.56 Å². The summed E-state index contributed by atoms with van der Waals surface area (Å²) in [6.45, 7) is 2.66. The number of thiophene rings is 1. The minimum absolute atomic E-state index is 0.0153. The largest absolute Gasteiger partial charge is 0.478 e. The molecule has 2 unspecified atom stereocenters. The van der Waals surface area contributed by atoms with Gasteiger partial charge in [-0.15, -0.1) is 11.3 Å². The van der Waals surface area contributed by atoms with Gasteiger partial charge in [-0.05, 0) is 30.7 Å². The van der Waals surface area contributed by atoms with Gasteiger partial charge in [-0.1, -0.05) is 26.2 Å². The second kappa shape index (κ2) is 6.89. The van der Waals surface area contributed by atoms with Gasteiger partial charge in [0, 0.05) is 11.9 Å². The number of hydrogen-bond acceptors (Lipinski definition) is 4. The van der Waals surface area contributed by atoms with Crippen LogP contribution in [-0.4, -0.2) is 26.0 Å². The molecule has 1 fully saturated rings. The van der Waals surface area contributed by atoms with E-state index in [0.29, 0.717) is 12.5 Å². The molecule has 0 amide bonds. The molecular formula is C14H21NO4S2. The summed E-state index contributed by atoms with van der Waals surface area (Å²) in [7, 11) is -3.58. The maximum Gasteiger partial charge on any atom is 0.336 e. The molecule has 5 nitrogen and oxygen atoms in total. The van der Waals surface area contributed by atoms with Crippen LogP contribution < -0.4 is 4.72 Å².